The molecule has 4 rings (SSSR count). The Morgan fingerprint density at radius 2 is 1.42 bits per heavy atom. The molecule has 4 unspecified atom stereocenters. The zero-order valence-electron chi connectivity index (χ0n) is 27.9. The minimum Gasteiger partial charge on any atom is -0.358 e. The van der Waals surface area contributed by atoms with E-state index in [1.807, 2.05) is 29.6 Å². The molecule has 0 spiro atoms. The summed E-state index contributed by atoms with van der Waals surface area (Å²) in [5.74, 6) is 0.331. The maximum Gasteiger partial charge on any atom is 0.136 e. The van der Waals surface area contributed by atoms with E-state index in [0.29, 0.717) is 5.92 Å². The van der Waals surface area contributed by atoms with E-state index in [1.54, 1.807) is 0 Å². The van der Waals surface area contributed by atoms with E-state index in [-0.39, 0.29) is 14.9 Å². The minimum absolute atomic E-state index is 0.0640. The standard InChI is InChI=1S/C37H54N2S4/c1-10-28-16-18-29(19-17-28)24-35(7,11-2)26-32-31-22-20-30(21-23-31)25-36(8,42-33(40)38(12-3)13-4)27-37(32,9)43-34(41)39(14-5)15-6/h10,16-23,32H,1,11-15,24-27H2,2-9H3. The molecule has 0 radical (unpaired) electrons. The van der Waals surface area contributed by atoms with E-state index < -0.39 is 0 Å². The zero-order valence-corrected chi connectivity index (χ0v) is 31.1. The van der Waals surface area contributed by atoms with Crippen molar-refractivity contribution in [1.29, 1.82) is 0 Å². The Morgan fingerprint density at radius 1 is 0.884 bits per heavy atom. The molecule has 0 aromatic heterocycles. The largest absolute Gasteiger partial charge is 0.358 e. The lowest BCUT2D eigenvalue weighted by molar-refractivity contribution is 0.232. The summed E-state index contributed by atoms with van der Waals surface area (Å²) in [7, 11) is 0. The fourth-order valence-corrected chi connectivity index (χ4v) is 11.4. The van der Waals surface area contributed by atoms with Crippen LogP contribution in [0.25, 0.3) is 6.08 Å². The summed E-state index contributed by atoms with van der Waals surface area (Å²) < 4.78 is 1.85. The van der Waals surface area contributed by atoms with E-state index in [2.05, 4.69) is 120 Å². The molecule has 2 aromatic carbocycles. The Hall–Kier alpha value is -1.34. The molecule has 0 N–H and O–H groups in total. The predicted molar refractivity (Wildman–Crippen MR) is 204 cm³/mol. The maximum absolute atomic E-state index is 6.21. The van der Waals surface area contributed by atoms with Gasteiger partial charge in [-0.1, -0.05) is 129 Å². The molecule has 2 nitrogen and oxygen atoms in total. The summed E-state index contributed by atoms with van der Waals surface area (Å²) >= 11 is 16.1. The first kappa shape index (κ1) is 36.1. The smallest absolute Gasteiger partial charge is 0.136 e. The number of hydrogen-bond acceptors (Lipinski definition) is 4. The van der Waals surface area contributed by atoms with E-state index in [1.165, 1.54) is 22.3 Å². The summed E-state index contributed by atoms with van der Waals surface area (Å²) in [5, 5.41) is 0. The Kier molecular flexibility index (Phi) is 13.3. The van der Waals surface area contributed by atoms with Crippen LogP contribution in [0.2, 0.25) is 0 Å². The average molecular weight is 655 g/mol. The fourth-order valence-electron chi connectivity index (χ4n) is 6.70. The first-order chi connectivity index (χ1) is 20.4. The number of thioether (sulfide) groups is 2. The summed E-state index contributed by atoms with van der Waals surface area (Å²) in [6.07, 6.45) is 7.19. The SMILES string of the molecule is C=Cc1ccc(CC(C)(CC)CC2c3ccc(cc3)CC(C)(SC(=S)N(CC)CC)CC2(C)SC(=S)N(CC)CC)cc1. The maximum atomic E-state index is 6.21. The lowest BCUT2D eigenvalue weighted by Gasteiger charge is -2.47. The van der Waals surface area contributed by atoms with Gasteiger partial charge < -0.3 is 9.80 Å². The van der Waals surface area contributed by atoms with Crippen LogP contribution in [0, 0.1) is 5.41 Å². The number of nitrogens with zero attached hydrogens (tertiary/aromatic N) is 2. The van der Waals surface area contributed by atoms with Crippen molar-refractivity contribution in [2.75, 3.05) is 26.2 Å². The molecule has 0 heterocycles. The number of benzene rings is 2. The molecule has 2 bridgehead atoms. The number of thiocarbonyl (C=S) groups is 2. The van der Waals surface area contributed by atoms with Crippen molar-refractivity contribution in [3.8, 4) is 0 Å². The summed E-state index contributed by atoms with van der Waals surface area (Å²) in [5.41, 5.74) is 5.52. The Labute approximate surface area is 282 Å². The van der Waals surface area contributed by atoms with Gasteiger partial charge in [0.15, 0.2) is 0 Å². The first-order valence-corrected chi connectivity index (χ1v) is 18.6. The third-order valence-electron chi connectivity index (χ3n) is 9.52. The molecule has 2 aromatic rings. The van der Waals surface area contributed by atoms with Crippen molar-refractivity contribution in [3.05, 3.63) is 77.4 Å². The van der Waals surface area contributed by atoms with Gasteiger partial charge in [0.1, 0.15) is 8.64 Å². The highest BCUT2D eigenvalue weighted by Gasteiger charge is 2.47. The van der Waals surface area contributed by atoms with Crippen LogP contribution in [0.15, 0.2) is 55.1 Å². The molecule has 0 saturated heterocycles. The quantitative estimate of drug-likeness (QED) is 0.209. The Bertz CT molecular complexity index is 1220. The van der Waals surface area contributed by atoms with Gasteiger partial charge in [0.25, 0.3) is 0 Å². The monoisotopic (exact) mass is 654 g/mol. The van der Waals surface area contributed by atoms with Crippen LogP contribution in [-0.4, -0.2) is 54.1 Å². The zero-order chi connectivity index (χ0) is 31.8. The molecule has 0 fully saturated rings. The molecule has 43 heavy (non-hydrogen) atoms. The Balaban J connectivity index is 2.10. The van der Waals surface area contributed by atoms with Gasteiger partial charge in [-0.2, -0.15) is 0 Å². The second-order valence-corrected chi connectivity index (χ2v) is 17.4. The van der Waals surface area contributed by atoms with Crippen molar-refractivity contribution in [2.24, 2.45) is 5.41 Å². The lowest BCUT2D eigenvalue weighted by Crippen LogP contribution is -2.44. The normalized spacial score (nSPS) is 23.0. The van der Waals surface area contributed by atoms with E-state index >= 15 is 0 Å². The van der Waals surface area contributed by atoms with Gasteiger partial charge in [-0.15, -0.1) is 0 Å². The van der Waals surface area contributed by atoms with Gasteiger partial charge in [0.05, 0.1) is 0 Å². The lowest BCUT2D eigenvalue weighted by atomic mass is 9.68. The molecule has 0 amide bonds. The highest BCUT2D eigenvalue weighted by Crippen LogP contribution is 2.55. The summed E-state index contributed by atoms with van der Waals surface area (Å²) in [6.45, 7) is 26.3. The third-order valence-corrected chi connectivity index (χ3v) is 13.1. The van der Waals surface area contributed by atoms with Crippen molar-refractivity contribution >= 4 is 62.7 Å². The topological polar surface area (TPSA) is 6.48 Å². The van der Waals surface area contributed by atoms with Gasteiger partial charge in [-0.05, 0) is 101 Å². The molecule has 6 heteroatoms. The van der Waals surface area contributed by atoms with Crippen LogP contribution in [0.5, 0.6) is 0 Å². The van der Waals surface area contributed by atoms with Crippen LogP contribution in [0.4, 0.5) is 0 Å². The van der Waals surface area contributed by atoms with Crippen LogP contribution < -0.4 is 0 Å². The van der Waals surface area contributed by atoms with Crippen molar-refractivity contribution in [3.63, 3.8) is 0 Å². The highest BCUT2D eigenvalue weighted by atomic mass is 32.2. The number of rotatable bonds is 12. The summed E-state index contributed by atoms with van der Waals surface area (Å²) in [6, 6.07) is 18.5. The molecule has 0 aliphatic heterocycles. The second-order valence-electron chi connectivity index (χ2n) is 13.0. The van der Waals surface area contributed by atoms with E-state index in [0.717, 1.165) is 66.9 Å². The highest BCUT2D eigenvalue weighted by molar-refractivity contribution is 8.24. The van der Waals surface area contributed by atoms with Gasteiger partial charge in [0, 0.05) is 35.7 Å². The van der Waals surface area contributed by atoms with Gasteiger partial charge in [0.2, 0.25) is 0 Å². The van der Waals surface area contributed by atoms with Crippen LogP contribution in [-0.2, 0) is 12.8 Å². The molecule has 2 aliphatic rings. The van der Waals surface area contributed by atoms with E-state index in [9.17, 15) is 0 Å². The predicted octanol–water partition coefficient (Wildman–Crippen LogP) is 10.6. The molecule has 0 saturated carbocycles. The molecule has 2 aliphatic carbocycles. The van der Waals surface area contributed by atoms with E-state index in [4.69, 9.17) is 24.4 Å². The molecular formula is C37H54N2S4. The number of hydrogen-bond donors (Lipinski definition) is 0. The average Bonchev–Trinajstić information content (AvgIpc) is 3.03. The van der Waals surface area contributed by atoms with Crippen LogP contribution in [0.3, 0.4) is 0 Å². The van der Waals surface area contributed by atoms with Crippen molar-refractivity contribution in [1.82, 2.24) is 9.80 Å². The van der Waals surface area contributed by atoms with Crippen molar-refractivity contribution < 1.29 is 0 Å². The number of fused-ring (bicyclic) bond motifs is 6. The van der Waals surface area contributed by atoms with Crippen LogP contribution in [0.1, 0.15) is 103 Å². The second kappa shape index (κ2) is 15.8. The third kappa shape index (κ3) is 9.34. The van der Waals surface area contributed by atoms with Crippen molar-refractivity contribution in [2.45, 2.75) is 103 Å². The molecule has 4 atom stereocenters. The summed E-state index contributed by atoms with van der Waals surface area (Å²) in [4.78, 5) is 4.68. The first-order valence-electron chi connectivity index (χ1n) is 16.1. The van der Waals surface area contributed by atoms with Gasteiger partial charge >= 0.3 is 0 Å². The minimum atomic E-state index is -0.118. The Morgan fingerprint density at radius 3 is 1.91 bits per heavy atom. The molecule has 236 valence electrons. The van der Waals surface area contributed by atoms with Gasteiger partial charge in [-0.25, -0.2) is 0 Å². The fraction of sp³-hybridized carbons (Fsp3) is 0.568. The van der Waals surface area contributed by atoms with Gasteiger partial charge in [-0.3, -0.25) is 0 Å². The molecular weight excluding hydrogens is 601 g/mol. The van der Waals surface area contributed by atoms with Crippen LogP contribution >= 0.6 is 48.0 Å².